The number of piperazine rings is 1. The molecular weight excluding hydrogens is 342 g/mol. The largest absolute Gasteiger partial charge is 0.493 e. The number of benzene rings is 2. The molecule has 2 aromatic rings. The fourth-order valence-electron chi connectivity index (χ4n) is 3.00. The lowest BCUT2D eigenvalue weighted by Gasteiger charge is -2.33. The van der Waals surface area contributed by atoms with Crippen molar-refractivity contribution in [1.82, 2.24) is 9.91 Å². The van der Waals surface area contributed by atoms with Crippen LogP contribution in [-0.2, 0) is 11.3 Å². The van der Waals surface area contributed by atoms with Gasteiger partial charge in [-0.3, -0.25) is 14.7 Å². The van der Waals surface area contributed by atoms with E-state index in [9.17, 15) is 4.79 Å². The Morgan fingerprint density at radius 1 is 1.07 bits per heavy atom. The lowest BCUT2D eigenvalue weighted by Crippen LogP contribution is -2.43. The number of esters is 1. The molecule has 0 aromatic heterocycles. The van der Waals surface area contributed by atoms with E-state index in [4.69, 9.17) is 9.47 Å². The van der Waals surface area contributed by atoms with E-state index in [2.05, 4.69) is 39.3 Å². The van der Waals surface area contributed by atoms with Gasteiger partial charge in [-0.05, 0) is 29.3 Å². The number of hydrogen-bond acceptors (Lipinski definition) is 6. The molecule has 0 saturated carbocycles. The minimum Gasteiger partial charge on any atom is -0.493 e. The van der Waals surface area contributed by atoms with Gasteiger partial charge in [0.05, 0.1) is 13.3 Å². The number of nitrogens with zero attached hydrogens (tertiary/aromatic N) is 3. The van der Waals surface area contributed by atoms with Crippen LogP contribution < -0.4 is 9.47 Å². The molecule has 3 rings (SSSR count). The van der Waals surface area contributed by atoms with Crippen LogP contribution in [0.5, 0.6) is 11.5 Å². The van der Waals surface area contributed by atoms with E-state index in [-0.39, 0.29) is 5.97 Å². The van der Waals surface area contributed by atoms with Gasteiger partial charge in [-0.1, -0.05) is 30.3 Å². The van der Waals surface area contributed by atoms with Crippen LogP contribution in [-0.4, -0.2) is 55.4 Å². The van der Waals surface area contributed by atoms with Crippen LogP contribution in [0.25, 0.3) is 0 Å². The highest BCUT2D eigenvalue weighted by molar-refractivity contribution is 5.81. The summed E-state index contributed by atoms with van der Waals surface area (Å²) in [7, 11) is 1.55. The summed E-state index contributed by atoms with van der Waals surface area (Å²) >= 11 is 0. The normalized spacial score (nSPS) is 15.1. The minimum atomic E-state index is -0.372. The molecule has 0 amide bonds. The van der Waals surface area contributed by atoms with Gasteiger partial charge in [-0.25, -0.2) is 0 Å². The van der Waals surface area contributed by atoms with Crippen LogP contribution in [0.4, 0.5) is 0 Å². The number of hydrazone groups is 1. The highest BCUT2D eigenvalue weighted by atomic mass is 16.6. The summed E-state index contributed by atoms with van der Waals surface area (Å²) in [6, 6.07) is 15.9. The molecule has 6 nitrogen and oxygen atoms in total. The van der Waals surface area contributed by atoms with E-state index in [1.807, 2.05) is 24.4 Å². The second-order valence-electron chi connectivity index (χ2n) is 6.46. The van der Waals surface area contributed by atoms with Gasteiger partial charge in [0, 0.05) is 39.6 Å². The molecule has 0 atom stereocenters. The molecule has 142 valence electrons. The quantitative estimate of drug-likeness (QED) is 0.446. The molecule has 2 aromatic carbocycles. The number of carbonyl (C=O) groups is 1. The van der Waals surface area contributed by atoms with Gasteiger partial charge in [0.1, 0.15) is 0 Å². The first kappa shape index (κ1) is 18.9. The average molecular weight is 367 g/mol. The van der Waals surface area contributed by atoms with Crippen molar-refractivity contribution in [1.29, 1.82) is 0 Å². The zero-order chi connectivity index (χ0) is 19.1. The summed E-state index contributed by atoms with van der Waals surface area (Å²) in [5.41, 5.74) is 2.24. The van der Waals surface area contributed by atoms with Crippen LogP contribution in [0.15, 0.2) is 53.6 Å². The third-order valence-corrected chi connectivity index (χ3v) is 4.41. The Balaban J connectivity index is 1.54. The number of ether oxygens (including phenoxy) is 2. The van der Waals surface area contributed by atoms with Crippen molar-refractivity contribution >= 4 is 12.2 Å². The van der Waals surface area contributed by atoms with E-state index in [0.717, 1.165) is 38.3 Å². The van der Waals surface area contributed by atoms with Gasteiger partial charge in [0.2, 0.25) is 0 Å². The Kier molecular flexibility index (Phi) is 6.44. The molecule has 6 heteroatoms. The zero-order valence-electron chi connectivity index (χ0n) is 15.8. The second-order valence-corrected chi connectivity index (χ2v) is 6.46. The summed E-state index contributed by atoms with van der Waals surface area (Å²) in [4.78, 5) is 13.6. The van der Waals surface area contributed by atoms with Crippen LogP contribution >= 0.6 is 0 Å². The Bertz CT molecular complexity index is 785. The summed E-state index contributed by atoms with van der Waals surface area (Å²) in [6.07, 6.45) is 1.81. The van der Waals surface area contributed by atoms with Crippen molar-refractivity contribution in [3.8, 4) is 11.5 Å². The predicted molar refractivity (Wildman–Crippen MR) is 105 cm³/mol. The lowest BCUT2D eigenvalue weighted by molar-refractivity contribution is -0.132. The van der Waals surface area contributed by atoms with Crippen molar-refractivity contribution in [3.05, 3.63) is 59.7 Å². The number of carbonyl (C=O) groups excluding carboxylic acids is 1. The predicted octanol–water partition coefficient (Wildman–Crippen LogP) is 2.77. The molecule has 1 saturated heterocycles. The van der Waals surface area contributed by atoms with Crippen molar-refractivity contribution in [2.24, 2.45) is 5.10 Å². The highest BCUT2D eigenvalue weighted by Gasteiger charge is 2.15. The second kappa shape index (κ2) is 9.19. The molecule has 0 radical (unpaired) electrons. The Morgan fingerprint density at radius 3 is 2.48 bits per heavy atom. The van der Waals surface area contributed by atoms with Crippen molar-refractivity contribution in [2.45, 2.75) is 13.5 Å². The third-order valence-electron chi connectivity index (χ3n) is 4.41. The molecule has 0 unspecified atom stereocenters. The lowest BCUT2D eigenvalue weighted by atomic mass is 10.2. The van der Waals surface area contributed by atoms with Gasteiger partial charge < -0.3 is 9.47 Å². The molecule has 1 aliphatic heterocycles. The standard InChI is InChI=1S/C21H25N3O3/c1-17(25)27-20-9-8-19(14-21(20)26-2)15-22-24-12-10-23(11-13-24)16-18-6-4-3-5-7-18/h3-9,14-15H,10-13,16H2,1-2H3/b22-15-. The Morgan fingerprint density at radius 2 is 1.81 bits per heavy atom. The molecule has 1 fully saturated rings. The summed E-state index contributed by atoms with van der Waals surface area (Å²) in [5, 5.41) is 6.66. The van der Waals surface area contributed by atoms with Gasteiger partial charge >= 0.3 is 5.97 Å². The first-order valence-electron chi connectivity index (χ1n) is 9.06. The molecule has 0 N–H and O–H groups in total. The molecule has 0 aliphatic carbocycles. The van der Waals surface area contributed by atoms with Gasteiger partial charge in [-0.2, -0.15) is 5.10 Å². The first-order valence-corrected chi connectivity index (χ1v) is 9.06. The van der Waals surface area contributed by atoms with Crippen LogP contribution in [0.2, 0.25) is 0 Å². The minimum absolute atomic E-state index is 0.372. The van der Waals surface area contributed by atoms with E-state index >= 15 is 0 Å². The van der Waals surface area contributed by atoms with E-state index in [1.165, 1.54) is 12.5 Å². The van der Waals surface area contributed by atoms with Crippen LogP contribution in [0.1, 0.15) is 18.1 Å². The molecular formula is C21H25N3O3. The maximum Gasteiger partial charge on any atom is 0.308 e. The van der Waals surface area contributed by atoms with Gasteiger partial charge in [0.25, 0.3) is 0 Å². The molecule has 1 aliphatic rings. The molecule has 27 heavy (non-hydrogen) atoms. The fraction of sp³-hybridized carbons (Fsp3) is 0.333. The van der Waals surface area contributed by atoms with Crippen molar-refractivity contribution in [3.63, 3.8) is 0 Å². The number of methoxy groups -OCH3 is 1. The third kappa shape index (κ3) is 5.56. The van der Waals surface area contributed by atoms with E-state index in [0.29, 0.717) is 11.5 Å². The van der Waals surface area contributed by atoms with E-state index in [1.54, 1.807) is 13.2 Å². The Labute approximate surface area is 160 Å². The van der Waals surface area contributed by atoms with Gasteiger partial charge in [-0.15, -0.1) is 0 Å². The van der Waals surface area contributed by atoms with Crippen LogP contribution in [0.3, 0.4) is 0 Å². The van der Waals surface area contributed by atoms with Crippen molar-refractivity contribution in [2.75, 3.05) is 33.3 Å². The van der Waals surface area contributed by atoms with Crippen LogP contribution in [0, 0.1) is 0 Å². The van der Waals surface area contributed by atoms with E-state index < -0.39 is 0 Å². The zero-order valence-corrected chi connectivity index (χ0v) is 15.8. The summed E-state index contributed by atoms with van der Waals surface area (Å²) in [6.45, 7) is 6.11. The number of hydrogen-bond donors (Lipinski definition) is 0. The smallest absolute Gasteiger partial charge is 0.308 e. The summed E-state index contributed by atoms with van der Waals surface area (Å²) < 4.78 is 10.4. The maximum atomic E-state index is 11.1. The molecule has 1 heterocycles. The average Bonchev–Trinajstić information content (AvgIpc) is 2.68. The summed E-state index contributed by atoms with van der Waals surface area (Å²) in [5.74, 6) is 0.557. The highest BCUT2D eigenvalue weighted by Crippen LogP contribution is 2.27. The first-order chi connectivity index (χ1) is 13.1. The van der Waals surface area contributed by atoms with Gasteiger partial charge in [0.15, 0.2) is 11.5 Å². The topological polar surface area (TPSA) is 54.4 Å². The Hall–Kier alpha value is -2.86. The monoisotopic (exact) mass is 367 g/mol. The SMILES string of the molecule is COc1cc(/C=N\N2CCN(Cc3ccccc3)CC2)ccc1OC(C)=O. The molecule has 0 spiro atoms. The van der Waals surface area contributed by atoms with Crippen molar-refractivity contribution < 1.29 is 14.3 Å². The fourth-order valence-corrected chi connectivity index (χ4v) is 3.00. The maximum absolute atomic E-state index is 11.1. The number of rotatable bonds is 6. The molecule has 0 bridgehead atoms.